The van der Waals surface area contributed by atoms with Crippen LogP contribution in [-0.4, -0.2) is 30.8 Å². The van der Waals surface area contributed by atoms with Gasteiger partial charge in [0.2, 0.25) is 0 Å². The van der Waals surface area contributed by atoms with Gasteiger partial charge in [-0.2, -0.15) is 13.2 Å². The number of ether oxygens (including phenoxy) is 1. The van der Waals surface area contributed by atoms with Gasteiger partial charge in [-0.05, 0) is 35.4 Å². The SMILES string of the molecule is CC(c1ccc(Br)cc1Cl)C(O)(c1cc(F)c2c(c1)N(C)C(=O)CO2)C(F)(F)F. The largest absolute Gasteiger partial charge is 0.478 e. The minimum absolute atomic E-state index is 0.00334. The zero-order chi connectivity index (χ0) is 21.7. The van der Waals surface area contributed by atoms with E-state index in [-0.39, 0.29) is 22.0 Å². The van der Waals surface area contributed by atoms with E-state index < -0.39 is 41.6 Å². The minimum atomic E-state index is -5.18. The van der Waals surface area contributed by atoms with E-state index in [0.717, 1.165) is 17.9 Å². The molecule has 0 saturated carbocycles. The first-order chi connectivity index (χ1) is 13.4. The van der Waals surface area contributed by atoms with E-state index in [9.17, 15) is 27.5 Å². The van der Waals surface area contributed by atoms with E-state index in [2.05, 4.69) is 15.9 Å². The van der Waals surface area contributed by atoms with Gasteiger partial charge in [0.05, 0.1) is 5.69 Å². The first-order valence-corrected chi connectivity index (χ1v) is 9.52. The molecule has 0 bridgehead atoms. The molecule has 1 aliphatic rings. The number of carbonyl (C=O) groups excluding carboxylic acids is 1. The highest BCUT2D eigenvalue weighted by Gasteiger charge is 2.59. The molecule has 3 rings (SSSR count). The minimum Gasteiger partial charge on any atom is -0.478 e. The average Bonchev–Trinajstić information content (AvgIpc) is 2.62. The Morgan fingerprint density at radius 2 is 1.93 bits per heavy atom. The van der Waals surface area contributed by atoms with Crippen molar-refractivity contribution in [2.24, 2.45) is 0 Å². The Hall–Kier alpha value is -1.84. The molecular weight excluding hydrogens is 482 g/mol. The summed E-state index contributed by atoms with van der Waals surface area (Å²) < 4.78 is 62.5. The molecule has 0 radical (unpaired) electrons. The molecule has 1 heterocycles. The second-order valence-corrected chi connectivity index (χ2v) is 8.02. The van der Waals surface area contributed by atoms with Gasteiger partial charge in [-0.1, -0.05) is 40.5 Å². The lowest BCUT2D eigenvalue weighted by atomic mass is 9.77. The van der Waals surface area contributed by atoms with E-state index in [1.54, 1.807) is 0 Å². The average molecular weight is 497 g/mol. The summed E-state index contributed by atoms with van der Waals surface area (Å²) >= 11 is 9.27. The van der Waals surface area contributed by atoms with Gasteiger partial charge in [-0.25, -0.2) is 4.39 Å². The first-order valence-electron chi connectivity index (χ1n) is 8.35. The van der Waals surface area contributed by atoms with Gasteiger partial charge >= 0.3 is 6.18 Å². The van der Waals surface area contributed by atoms with Crippen LogP contribution in [0.3, 0.4) is 0 Å². The summed E-state index contributed by atoms with van der Waals surface area (Å²) in [6.07, 6.45) is -5.18. The lowest BCUT2D eigenvalue weighted by molar-refractivity contribution is -0.274. The third-order valence-electron chi connectivity index (χ3n) is 5.03. The quantitative estimate of drug-likeness (QED) is 0.598. The van der Waals surface area contributed by atoms with Crippen molar-refractivity contribution in [1.29, 1.82) is 0 Å². The van der Waals surface area contributed by atoms with E-state index in [1.165, 1.54) is 25.2 Å². The van der Waals surface area contributed by atoms with Crippen LogP contribution in [0.1, 0.15) is 24.0 Å². The van der Waals surface area contributed by atoms with E-state index in [1.807, 2.05) is 0 Å². The lowest BCUT2D eigenvalue weighted by Gasteiger charge is -2.38. The second kappa shape index (κ2) is 7.45. The van der Waals surface area contributed by atoms with Crippen LogP contribution in [0.25, 0.3) is 0 Å². The number of alkyl halides is 3. The molecule has 2 atom stereocenters. The molecule has 2 aromatic rings. The van der Waals surface area contributed by atoms with Gasteiger partial charge in [-0.15, -0.1) is 0 Å². The van der Waals surface area contributed by atoms with Crippen molar-refractivity contribution >= 4 is 39.1 Å². The van der Waals surface area contributed by atoms with Crippen molar-refractivity contribution in [2.45, 2.75) is 24.6 Å². The number of hydrogen-bond acceptors (Lipinski definition) is 3. The fourth-order valence-corrected chi connectivity index (χ4v) is 4.13. The number of amides is 1. The Morgan fingerprint density at radius 3 is 2.52 bits per heavy atom. The Balaban J connectivity index is 2.22. The van der Waals surface area contributed by atoms with Crippen molar-refractivity contribution in [1.82, 2.24) is 0 Å². The Morgan fingerprint density at radius 1 is 1.28 bits per heavy atom. The van der Waals surface area contributed by atoms with Crippen LogP contribution in [-0.2, 0) is 10.4 Å². The lowest BCUT2D eigenvalue weighted by Crippen LogP contribution is -2.47. The van der Waals surface area contributed by atoms with E-state index in [0.29, 0.717) is 10.5 Å². The molecule has 0 aromatic heterocycles. The number of anilines is 1. The molecule has 0 fully saturated rings. The van der Waals surface area contributed by atoms with Crippen molar-refractivity contribution in [3.63, 3.8) is 0 Å². The predicted molar refractivity (Wildman–Crippen MR) is 103 cm³/mol. The Labute approximate surface area is 177 Å². The number of fused-ring (bicyclic) bond motifs is 1. The number of carbonyl (C=O) groups is 1. The highest BCUT2D eigenvalue weighted by molar-refractivity contribution is 9.10. The molecule has 1 amide bonds. The second-order valence-electron chi connectivity index (χ2n) is 6.70. The van der Waals surface area contributed by atoms with E-state index >= 15 is 0 Å². The molecule has 1 aliphatic heterocycles. The summed E-state index contributed by atoms with van der Waals surface area (Å²) in [5.74, 6) is -3.62. The summed E-state index contributed by atoms with van der Waals surface area (Å²) in [6.45, 7) is 0.708. The van der Waals surface area contributed by atoms with Crippen LogP contribution in [0.2, 0.25) is 5.02 Å². The molecular formula is C19H15BrClF4NO3. The van der Waals surface area contributed by atoms with Crippen molar-refractivity contribution in [3.05, 3.63) is 56.8 Å². The van der Waals surface area contributed by atoms with Gasteiger partial charge < -0.3 is 14.7 Å². The number of benzene rings is 2. The summed E-state index contributed by atoms with van der Waals surface area (Å²) in [6, 6.07) is 5.72. The maximum Gasteiger partial charge on any atom is 0.422 e. The number of halogens is 6. The molecule has 29 heavy (non-hydrogen) atoms. The van der Waals surface area contributed by atoms with Crippen LogP contribution in [0, 0.1) is 5.82 Å². The van der Waals surface area contributed by atoms with Crippen LogP contribution < -0.4 is 9.64 Å². The number of nitrogens with zero attached hydrogens (tertiary/aromatic N) is 1. The molecule has 0 saturated heterocycles. The summed E-state index contributed by atoms with van der Waals surface area (Å²) in [5, 5.41) is 10.9. The van der Waals surface area contributed by atoms with Crippen molar-refractivity contribution in [2.75, 3.05) is 18.6 Å². The third-order valence-corrected chi connectivity index (χ3v) is 5.85. The van der Waals surface area contributed by atoms with Crippen molar-refractivity contribution < 1.29 is 32.2 Å². The van der Waals surface area contributed by atoms with Gasteiger partial charge in [0.25, 0.3) is 5.91 Å². The highest BCUT2D eigenvalue weighted by Crippen LogP contribution is 2.51. The molecule has 156 valence electrons. The maximum absolute atomic E-state index is 14.6. The van der Waals surface area contributed by atoms with Gasteiger partial charge in [0.15, 0.2) is 23.8 Å². The summed E-state index contributed by atoms with van der Waals surface area (Å²) in [7, 11) is 1.29. The monoisotopic (exact) mass is 495 g/mol. The predicted octanol–water partition coefficient (Wildman–Crippen LogP) is 5.15. The number of rotatable bonds is 3. The van der Waals surface area contributed by atoms with Gasteiger partial charge in [0, 0.05) is 22.5 Å². The molecule has 0 aliphatic carbocycles. The fraction of sp³-hybridized carbons (Fsp3) is 0.316. The third kappa shape index (κ3) is 3.60. The first kappa shape index (κ1) is 21.9. The Kier molecular flexibility index (Phi) is 5.61. The smallest absolute Gasteiger partial charge is 0.422 e. The molecule has 1 N–H and O–H groups in total. The van der Waals surface area contributed by atoms with Gasteiger partial charge in [0.1, 0.15) is 0 Å². The van der Waals surface area contributed by atoms with Crippen LogP contribution in [0.15, 0.2) is 34.8 Å². The number of hydrogen-bond donors (Lipinski definition) is 1. The zero-order valence-corrected chi connectivity index (χ0v) is 17.5. The molecule has 2 unspecified atom stereocenters. The zero-order valence-electron chi connectivity index (χ0n) is 15.1. The van der Waals surface area contributed by atoms with Crippen LogP contribution in [0.5, 0.6) is 5.75 Å². The van der Waals surface area contributed by atoms with Crippen LogP contribution >= 0.6 is 27.5 Å². The van der Waals surface area contributed by atoms with E-state index in [4.69, 9.17) is 16.3 Å². The topological polar surface area (TPSA) is 49.8 Å². The number of likely N-dealkylation sites (N-methyl/N-ethyl adjacent to an activating group) is 1. The number of aliphatic hydroxyl groups is 1. The fourth-order valence-electron chi connectivity index (χ4n) is 3.29. The van der Waals surface area contributed by atoms with Crippen LogP contribution in [0.4, 0.5) is 23.2 Å². The highest BCUT2D eigenvalue weighted by atomic mass is 79.9. The molecule has 2 aromatic carbocycles. The normalized spacial score (nSPS) is 17.4. The maximum atomic E-state index is 14.6. The summed E-state index contributed by atoms with van der Waals surface area (Å²) in [5.41, 5.74) is -4.43. The molecule has 0 spiro atoms. The summed E-state index contributed by atoms with van der Waals surface area (Å²) in [4.78, 5) is 12.8. The molecule has 10 heteroatoms. The Bertz CT molecular complexity index is 985. The van der Waals surface area contributed by atoms with Crippen molar-refractivity contribution in [3.8, 4) is 5.75 Å². The molecule has 4 nitrogen and oxygen atoms in total. The standard InChI is InChI=1S/C19H15BrClF4NO3/c1-9(12-4-3-11(20)7-13(12)21)18(28,19(23,24)25)10-5-14(22)17-15(6-10)26(2)16(27)8-29-17/h3-7,9,28H,8H2,1-2H3. The van der Waals surface area contributed by atoms with Gasteiger partial charge in [-0.3, -0.25) is 4.79 Å².